The number of hydrogen-bond donors (Lipinski definition) is 0. The predicted octanol–water partition coefficient (Wildman–Crippen LogP) is 5.18. The first kappa shape index (κ1) is 18.7. The fourth-order valence-corrected chi connectivity index (χ4v) is 6.10. The highest BCUT2D eigenvalue weighted by Crippen LogP contribution is 2.59. The van der Waals surface area contributed by atoms with E-state index in [0.717, 1.165) is 42.0 Å². The average Bonchev–Trinajstić information content (AvgIpc) is 3.33. The van der Waals surface area contributed by atoms with E-state index in [0.29, 0.717) is 17.6 Å². The molecule has 0 N–H and O–H groups in total. The Hall–Kier alpha value is -2.27. The number of pyridine rings is 1. The normalized spacial score (nSPS) is 30.1. The van der Waals surface area contributed by atoms with Gasteiger partial charge in [0.25, 0.3) is 5.88 Å². The number of hydrogen-bond acceptors (Lipinski definition) is 4. The third kappa shape index (κ3) is 2.82. The van der Waals surface area contributed by atoms with Crippen molar-refractivity contribution >= 4 is 23.2 Å². The number of Topliss-reactive ketones (excluding diaryl/α,β-unsaturated/α-hetero) is 2. The van der Waals surface area contributed by atoms with Crippen LogP contribution in [-0.2, 0) is 9.59 Å². The molecular formula is C23H21ClFNO3. The van der Waals surface area contributed by atoms with E-state index < -0.39 is 11.7 Å². The molecule has 2 aromatic rings. The number of nitrogens with zero attached hydrogens (tertiary/aromatic N) is 1. The Morgan fingerprint density at radius 1 is 1.03 bits per heavy atom. The van der Waals surface area contributed by atoms with E-state index in [1.54, 1.807) is 12.1 Å². The quantitative estimate of drug-likeness (QED) is 0.650. The molecule has 1 unspecified atom stereocenters. The van der Waals surface area contributed by atoms with Crippen molar-refractivity contribution in [1.82, 2.24) is 4.98 Å². The standard InChI is InChI=1S/C23H21ClFNO3/c1-10-5-15(29-23-16(25)8-14(24)9-26-23)6-11(2)17(10)20-21(27)18-12-3-4-13(7-12)19(18)22(20)28/h5-6,8-9,12-13,18-20H,3-4,7H2,1-2H3/t12-,13+,18-,19+,20?. The molecule has 3 aliphatic rings. The summed E-state index contributed by atoms with van der Waals surface area (Å²) in [5, 5.41) is 0.190. The largest absolute Gasteiger partial charge is 0.436 e. The first-order valence-corrected chi connectivity index (χ1v) is 10.4. The van der Waals surface area contributed by atoms with Crippen LogP contribution in [-0.4, -0.2) is 16.6 Å². The van der Waals surface area contributed by atoms with Gasteiger partial charge in [0.05, 0.1) is 5.02 Å². The summed E-state index contributed by atoms with van der Waals surface area (Å²) in [4.78, 5) is 30.3. The number of ether oxygens (including phenoxy) is 1. The van der Waals surface area contributed by atoms with Gasteiger partial charge in [-0.1, -0.05) is 11.6 Å². The van der Waals surface area contributed by atoms with E-state index in [9.17, 15) is 14.0 Å². The topological polar surface area (TPSA) is 56.3 Å². The fourth-order valence-electron chi connectivity index (χ4n) is 5.96. The van der Waals surface area contributed by atoms with Gasteiger partial charge in [-0.15, -0.1) is 0 Å². The van der Waals surface area contributed by atoms with Gasteiger partial charge in [-0.25, -0.2) is 9.37 Å². The van der Waals surface area contributed by atoms with Gasteiger partial charge in [-0.05, 0) is 79.8 Å². The summed E-state index contributed by atoms with van der Waals surface area (Å²) < 4.78 is 19.6. The molecule has 0 amide bonds. The summed E-state index contributed by atoms with van der Waals surface area (Å²) >= 11 is 5.73. The summed E-state index contributed by atoms with van der Waals surface area (Å²) in [6.07, 6.45) is 4.49. The van der Waals surface area contributed by atoms with Gasteiger partial charge in [0.2, 0.25) is 0 Å². The van der Waals surface area contributed by atoms with E-state index in [4.69, 9.17) is 16.3 Å². The average molecular weight is 414 g/mol. The van der Waals surface area contributed by atoms with Crippen molar-refractivity contribution in [1.29, 1.82) is 0 Å². The molecule has 6 heteroatoms. The van der Waals surface area contributed by atoms with Crippen LogP contribution in [0.1, 0.15) is 41.9 Å². The lowest BCUT2D eigenvalue weighted by Gasteiger charge is -2.21. The second kappa shape index (κ2) is 6.63. The molecule has 0 radical (unpaired) electrons. The van der Waals surface area contributed by atoms with Crippen molar-refractivity contribution in [3.05, 3.63) is 51.9 Å². The molecule has 1 aromatic carbocycles. The van der Waals surface area contributed by atoms with Gasteiger partial charge in [-0.2, -0.15) is 0 Å². The molecule has 0 aliphatic heterocycles. The number of carbonyl (C=O) groups is 2. The Balaban J connectivity index is 1.48. The summed E-state index contributed by atoms with van der Waals surface area (Å²) in [5.41, 5.74) is 2.38. The van der Waals surface area contributed by atoms with Gasteiger partial charge >= 0.3 is 0 Å². The molecule has 5 rings (SSSR count). The number of fused-ring (bicyclic) bond motifs is 5. The van der Waals surface area contributed by atoms with Crippen LogP contribution in [0, 0.1) is 43.3 Å². The smallest absolute Gasteiger partial charge is 0.255 e. The lowest BCUT2D eigenvalue weighted by atomic mass is 9.81. The number of carbonyl (C=O) groups excluding carboxylic acids is 2. The zero-order valence-electron chi connectivity index (χ0n) is 16.2. The molecule has 0 spiro atoms. The van der Waals surface area contributed by atoms with Crippen LogP contribution in [0.3, 0.4) is 0 Å². The van der Waals surface area contributed by atoms with E-state index in [2.05, 4.69) is 4.98 Å². The van der Waals surface area contributed by atoms with Crippen LogP contribution in [0.4, 0.5) is 4.39 Å². The van der Waals surface area contributed by atoms with Crippen LogP contribution in [0.5, 0.6) is 11.6 Å². The lowest BCUT2D eigenvalue weighted by Crippen LogP contribution is -2.24. The predicted molar refractivity (Wildman–Crippen MR) is 106 cm³/mol. The zero-order valence-corrected chi connectivity index (χ0v) is 17.0. The highest BCUT2D eigenvalue weighted by atomic mass is 35.5. The van der Waals surface area contributed by atoms with Crippen molar-refractivity contribution < 1.29 is 18.7 Å². The number of aromatic nitrogens is 1. The van der Waals surface area contributed by atoms with Crippen LogP contribution < -0.4 is 4.74 Å². The third-order valence-electron chi connectivity index (χ3n) is 6.99. The SMILES string of the molecule is Cc1cc(Oc2ncc(Cl)cc2F)cc(C)c1C1C(=O)[C@@H]2[C@@H]3CC[C@@H](C3)[C@@H]2C1=O. The minimum Gasteiger partial charge on any atom is -0.436 e. The van der Waals surface area contributed by atoms with E-state index in [1.807, 2.05) is 13.8 Å². The highest BCUT2D eigenvalue weighted by Gasteiger charge is 2.61. The number of rotatable bonds is 3. The monoisotopic (exact) mass is 413 g/mol. The maximum atomic E-state index is 14.0. The minimum absolute atomic E-state index is 0.0895. The molecule has 0 saturated heterocycles. The van der Waals surface area contributed by atoms with Crippen LogP contribution in [0.15, 0.2) is 24.4 Å². The van der Waals surface area contributed by atoms with Crippen molar-refractivity contribution in [2.24, 2.45) is 23.7 Å². The van der Waals surface area contributed by atoms with Gasteiger partial charge < -0.3 is 4.74 Å². The lowest BCUT2D eigenvalue weighted by molar-refractivity contribution is -0.125. The molecule has 1 aromatic heterocycles. The van der Waals surface area contributed by atoms with E-state index in [-0.39, 0.29) is 34.3 Å². The Morgan fingerprint density at radius 2 is 1.62 bits per heavy atom. The van der Waals surface area contributed by atoms with E-state index in [1.165, 1.54) is 6.20 Å². The molecule has 3 aliphatic carbocycles. The first-order valence-electron chi connectivity index (χ1n) is 10.0. The van der Waals surface area contributed by atoms with Gasteiger partial charge in [0, 0.05) is 18.0 Å². The number of benzene rings is 1. The second-order valence-corrected chi connectivity index (χ2v) is 9.07. The number of halogens is 2. The van der Waals surface area contributed by atoms with Crippen molar-refractivity contribution in [2.45, 2.75) is 39.0 Å². The zero-order chi connectivity index (χ0) is 20.4. The van der Waals surface area contributed by atoms with Crippen LogP contribution in [0.25, 0.3) is 0 Å². The maximum Gasteiger partial charge on any atom is 0.255 e. The first-order chi connectivity index (χ1) is 13.8. The summed E-state index contributed by atoms with van der Waals surface area (Å²) in [6, 6.07) is 4.61. The molecule has 1 heterocycles. The third-order valence-corrected chi connectivity index (χ3v) is 7.19. The van der Waals surface area contributed by atoms with Crippen molar-refractivity contribution in [3.63, 3.8) is 0 Å². The number of aryl methyl sites for hydroxylation is 2. The Bertz CT molecular complexity index is 1000. The van der Waals surface area contributed by atoms with Crippen molar-refractivity contribution in [3.8, 4) is 11.6 Å². The Labute approximate surface area is 173 Å². The molecule has 2 bridgehead atoms. The van der Waals surface area contributed by atoms with Gasteiger partial charge in [0.15, 0.2) is 17.4 Å². The maximum absolute atomic E-state index is 14.0. The molecular weight excluding hydrogens is 393 g/mol. The van der Waals surface area contributed by atoms with Crippen LogP contribution in [0.2, 0.25) is 5.02 Å². The van der Waals surface area contributed by atoms with Gasteiger partial charge in [-0.3, -0.25) is 9.59 Å². The van der Waals surface area contributed by atoms with E-state index >= 15 is 0 Å². The summed E-state index contributed by atoms with van der Waals surface area (Å²) in [7, 11) is 0. The van der Waals surface area contributed by atoms with Crippen molar-refractivity contribution in [2.75, 3.05) is 0 Å². The molecule has 150 valence electrons. The fraction of sp³-hybridized carbons (Fsp3) is 0.435. The second-order valence-electron chi connectivity index (χ2n) is 8.64. The molecule has 3 saturated carbocycles. The molecule has 29 heavy (non-hydrogen) atoms. The minimum atomic E-state index is -0.673. The number of ketones is 2. The highest BCUT2D eigenvalue weighted by molar-refractivity contribution is 6.30. The molecule has 3 fully saturated rings. The molecule has 4 nitrogen and oxygen atoms in total. The summed E-state index contributed by atoms with van der Waals surface area (Å²) in [5.74, 6) is -0.302. The van der Waals surface area contributed by atoms with Crippen LogP contribution >= 0.6 is 11.6 Å². The van der Waals surface area contributed by atoms with Gasteiger partial charge in [0.1, 0.15) is 11.7 Å². The summed E-state index contributed by atoms with van der Waals surface area (Å²) in [6.45, 7) is 3.73. The Morgan fingerprint density at radius 3 is 2.17 bits per heavy atom. The molecule has 5 atom stereocenters. The Kier molecular flexibility index (Phi) is 4.28.